The maximum Gasteiger partial charge on any atom is 0.303 e. The molecule has 7 heteroatoms. The van der Waals surface area contributed by atoms with Crippen molar-refractivity contribution in [1.29, 1.82) is 0 Å². The molecule has 1 atom stereocenters. The molecule has 0 aromatic heterocycles. The minimum absolute atomic E-state index is 0.140. The second-order valence-electron chi connectivity index (χ2n) is 8.94. The van der Waals surface area contributed by atoms with Crippen LogP contribution >= 0.6 is 11.6 Å². The molecule has 1 unspecified atom stereocenters. The first-order chi connectivity index (χ1) is 11.5. The molecule has 0 aromatic rings. The first-order valence-electron chi connectivity index (χ1n) is 8.65. The zero-order chi connectivity index (χ0) is 20.7. The zero-order valence-electron chi connectivity index (χ0n) is 16.4. The van der Waals surface area contributed by atoms with Gasteiger partial charge in [0.05, 0.1) is 0 Å². The summed E-state index contributed by atoms with van der Waals surface area (Å²) >= 11 is 5.94. The highest BCUT2D eigenvalue weighted by molar-refractivity contribution is 6.18. The molecule has 0 spiro atoms. The molecule has 0 bridgehead atoms. The molecule has 0 saturated heterocycles. The van der Waals surface area contributed by atoms with Crippen molar-refractivity contribution in [2.24, 2.45) is 10.8 Å². The van der Waals surface area contributed by atoms with E-state index in [4.69, 9.17) is 16.7 Å². The van der Waals surface area contributed by atoms with Gasteiger partial charge < -0.3 is 25.5 Å². The molecular weight excluding hydrogens is 360 g/mol. The maximum absolute atomic E-state index is 11.1. The van der Waals surface area contributed by atoms with E-state index in [1.165, 1.54) is 0 Å². The van der Waals surface area contributed by atoms with E-state index in [0.29, 0.717) is 11.1 Å². The lowest BCUT2D eigenvalue weighted by Gasteiger charge is -2.50. The summed E-state index contributed by atoms with van der Waals surface area (Å²) in [7, 11) is 0. The van der Waals surface area contributed by atoms with Gasteiger partial charge in [0.15, 0.2) is 5.60 Å². The zero-order valence-corrected chi connectivity index (χ0v) is 17.1. The number of allylic oxidation sites excluding steroid dienone is 2. The Bertz CT molecular complexity index is 633. The lowest BCUT2D eigenvalue weighted by atomic mass is 9.61. The van der Waals surface area contributed by atoms with Gasteiger partial charge in [-0.15, -0.1) is 11.6 Å². The summed E-state index contributed by atoms with van der Waals surface area (Å²) in [6, 6.07) is 0. The smallest absolute Gasteiger partial charge is 0.303 e. The summed E-state index contributed by atoms with van der Waals surface area (Å²) in [6.07, 6.45) is -0.819. The average Bonchev–Trinajstić information content (AvgIpc) is 2.40. The molecule has 0 aromatic carbocycles. The van der Waals surface area contributed by atoms with E-state index < -0.39 is 46.8 Å². The quantitative estimate of drug-likeness (QED) is 0.363. The van der Waals surface area contributed by atoms with E-state index in [1.807, 2.05) is 20.8 Å². The van der Waals surface area contributed by atoms with E-state index in [-0.39, 0.29) is 17.9 Å². The van der Waals surface area contributed by atoms with Gasteiger partial charge in [-0.25, -0.2) is 0 Å². The fourth-order valence-corrected chi connectivity index (χ4v) is 3.95. The predicted molar refractivity (Wildman–Crippen MR) is 99.9 cm³/mol. The van der Waals surface area contributed by atoms with Gasteiger partial charge in [0.1, 0.15) is 5.76 Å². The van der Waals surface area contributed by atoms with Crippen molar-refractivity contribution in [3.63, 3.8) is 0 Å². The third kappa shape index (κ3) is 3.93. The lowest BCUT2D eigenvalue weighted by Crippen LogP contribution is -2.62. The summed E-state index contributed by atoms with van der Waals surface area (Å²) in [5.41, 5.74) is -2.96. The SMILES string of the molecule is CC(C)(C)C1=C(O)C(O)(CCC(=O)O)C(O)(O)C(C(C)(C)C)=C1CCCl. The van der Waals surface area contributed by atoms with Gasteiger partial charge in [-0.3, -0.25) is 4.79 Å². The van der Waals surface area contributed by atoms with Crippen LogP contribution in [0.4, 0.5) is 0 Å². The van der Waals surface area contributed by atoms with Crippen molar-refractivity contribution in [3.8, 4) is 0 Å². The van der Waals surface area contributed by atoms with Gasteiger partial charge in [-0.1, -0.05) is 41.5 Å². The maximum atomic E-state index is 11.1. The Morgan fingerprint density at radius 2 is 1.54 bits per heavy atom. The Labute approximate surface area is 159 Å². The molecule has 150 valence electrons. The Kier molecular flexibility index (Phi) is 6.31. The molecule has 1 aliphatic carbocycles. The van der Waals surface area contributed by atoms with Crippen LogP contribution in [0.5, 0.6) is 0 Å². The van der Waals surface area contributed by atoms with Crippen molar-refractivity contribution >= 4 is 17.6 Å². The molecule has 6 nitrogen and oxygen atoms in total. The summed E-state index contributed by atoms with van der Waals surface area (Å²) in [4.78, 5) is 11.0. The molecule has 0 fully saturated rings. The van der Waals surface area contributed by atoms with E-state index in [1.54, 1.807) is 20.8 Å². The van der Waals surface area contributed by atoms with Gasteiger partial charge in [0.25, 0.3) is 0 Å². The van der Waals surface area contributed by atoms with Crippen LogP contribution in [0, 0.1) is 10.8 Å². The van der Waals surface area contributed by atoms with Crippen LogP contribution in [0.15, 0.2) is 22.5 Å². The highest BCUT2D eigenvalue weighted by Crippen LogP contribution is 2.54. The third-order valence-electron chi connectivity index (χ3n) is 4.70. The molecule has 26 heavy (non-hydrogen) atoms. The molecule has 0 amide bonds. The largest absolute Gasteiger partial charge is 0.509 e. The fraction of sp³-hybridized carbons (Fsp3) is 0.737. The van der Waals surface area contributed by atoms with Crippen LogP contribution in [0.1, 0.15) is 60.8 Å². The number of aliphatic hydroxyl groups is 4. The first kappa shape index (κ1) is 23.0. The predicted octanol–water partition coefficient (Wildman–Crippen LogP) is 3.11. The molecule has 5 N–H and O–H groups in total. The Hall–Kier alpha value is -1.08. The molecule has 0 heterocycles. The molecule has 0 saturated carbocycles. The number of aliphatic carboxylic acids is 1. The third-order valence-corrected chi connectivity index (χ3v) is 4.89. The number of aliphatic hydroxyl groups excluding tert-OH is 1. The number of alkyl halides is 1. The van der Waals surface area contributed by atoms with Crippen LogP contribution in [-0.4, -0.2) is 48.8 Å². The molecule has 0 radical (unpaired) electrons. The van der Waals surface area contributed by atoms with Crippen LogP contribution in [-0.2, 0) is 4.79 Å². The second kappa shape index (κ2) is 7.15. The minimum atomic E-state index is -2.83. The van der Waals surface area contributed by atoms with Crippen molar-refractivity contribution in [2.45, 2.75) is 72.2 Å². The summed E-state index contributed by atoms with van der Waals surface area (Å²) in [5, 5.41) is 53.0. The molecular formula is C19H31ClO6. The fourth-order valence-electron chi connectivity index (χ4n) is 3.77. The van der Waals surface area contributed by atoms with Gasteiger partial charge >= 0.3 is 5.97 Å². The Morgan fingerprint density at radius 1 is 1.04 bits per heavy atom. The van der Waals surface area contributed by atoms with Crippen LogP contribution in [0.25, 0.3) is 0 Å². The number of hydrogen-bond donors (Lipinski definition) is 5. The monoisotopic (exact) mass is 390 g/mol. The van der Waals surface area contributed by atoms with Crippen molar-refractivity contribution in [1.82, 2.24) is 0 Å². The van der Waals surface area contributed by atoms with Gasteiger partial charge in [0.2, 0.25) is 5.79 Å². The summed E-state index contributed by atoms with van der Waals surface area (Å²) in [6.45, 7) is 10.8. The van der Waals surface area contributed by atoms with E-state index in [9.17, 15) is 25.2 Å². The normalized spacial score (nSPS) is 24.2. The lowest BCUT2D eigenvalue weighted by molar-refractivity contribution is -0.256. The van der Waals surface area contributed by atoms with Crippen LogP contribution in [0.3, 0.4) is 0 Å². The number of rotatable bonds is 5. The number of carboxylic acids is 1. The van der Waals surface area contributed by atoms with E-state index >= 15 is 0 Å². The second-order valence-corrected chi connectivity index (χ2v) is 9.32. The van der Waals surface area contributed by atoms with E-state index in [0.717, 1.165) is 0 Å². The van der Waals surface area contributed by atoms with Gasteiger partial charge in [0, 0.05) is 23.4 Å². The highest BCUT2D eigenvalue weighted by atomic mass is 35.5. The minimum Gasteiger partial charge on any atom is -0.509 e. The number of carbonyl (C=O) groups is 1. The Balaban J connectivity index is 3.91. The first-order valence-corrected chi connectivity index (χ1v) is 9.18. The van der Waals surface area contributed by atoms with Crippen LogP contribution in [0.2, 0.25) is 0 Å². The van der Waals surface area contributed by atoms with E-state index in [2.05, 4.69) is 0 Å². The summed E-state index contributed by atoms with van der Waals surface area (Å²) in [5.74, 6) is -4.47. The standard InChI is InChI=1S/C19H31ClO6/c1-16(2,3)13-11(8-10-20)14(17(4,5)6)19(25,26)18(24,15(13)23)9-7-12(21)22/h23-26H,7-10H2,1-6H3,(H,21,22). The number of hydrogen-bond acceptors (Lipinski definition) is 5. The van der Waals surface area contributed by atoms with Crippen LogP contribution < -0.4 is 0 Å². The van der Waals surface area contributed by atoms with Crippen molar-refractivity contribution < 1.29 is 30.3 Å². The molecule has 0 aliphatic heterocycles. The van der Waals surface area contributed by atoms with Gasteiger partial charge in [-0.05, 0) is 29.2 Å². The van der Waals surface area contributed by atoms with Gasteiger partial charge in [-0.2, -0.15) is 0 Å². The number of halogens is 1. The topological polar surface area (TPSA) is 118 Å². The Morgan fingerprint density at radius 3 is 1.88 bits per heavy atom. The molecule has 1 rings (SSSR count). The number of carboxylic acid groups (broad SMARTS) is 1. The van der Waals surface area contributed by atoms with Crippen molar-refractivity contribution in [2.75, 3.05) is 5.88 Å². The van der Waals surface area contributed by atoms with Crippen molar-refractivity contribution in [3.05, 3.63) is 22.5 Å². The highest BCUT2D eigenvalue weighted by Gasteiger charge is 2.61. The average molecular weight is 391 g/mol. The molecule has 1 aliphatic rings. The summed E-state index contributed by atoms with van der Waals surface area (Å²) < 4.78 is 0.